The van der Waals surface area contributed by atoms with Gasteiger partial charge in [0.15, 0.2) is 0 Å². The Morgan fingerprint density at radius 2 is 1.34 bits per heavy atom. The van der Waals surface area contributed by atoms with Gasteiger partial charge in [-0.05, 0) is 54.3 Å². The summed E-state index contributed by atoms with van der Waals surface area (Å²) in [5.41, 5.74) is 5.44. The van der Waals surface area contributed by atoms with Crippen LogP contribution < -0.4 is 10.2 Å². The van der Waals surface area contributed by atoms with Crippen molar-refractivity contribution < 1.29 is 9.59 Å². The number of benzene rings is 4. The molecule has 176 valence electrons. The Kier molecular flexibility index (Phi) is 7.74. The molecule has 0 aliphatic heterocycles. The van der Waals surface area contributed by atoms with Crippen LogP contribution in [-0.4, -0.2) is 11.8 Å². The fraction of sp³-hybridized carbons (Fsp3) is 0.161. The predicted octanol–water partition coefficient (Wildman–Crippen LogP) is 6.26. The third kappa shape index (κ3) is 6.24. The number of amides is 2. The fourth-order valence-corrected chi connectivity index (χ4v) is 4.10. The van der Waals surface area contributed by atoms with Crippen molar-refractivity contribution in [1.82, 2.24) is 5.32 Å². The van der Waals surface area contributed by atoms with E-state index < -0.39 is 0 Å². The van der Waals surface area contributed by atoms with Gasteiger partial charge in [0.2, 0.25) is 5.91 Å². The fourth-order valence-electron chi connectivity index (χ4n) is 4.10. The first-order valence-electron chi connectivity index (χ1n) is 11.9. The van der Waals surface area contributed by atoms with Crippen LogP contribution >= 0.6 is 0 Å². The summed E-state index contributed by atoms with van der Waals surface area (Å²) in [4.78, 5) is 28.0. The highest BCUT2D eigenvalue weighted by molar-refractivity contribution is 6.07. The van der Waals surface area contributed by atoms with Crippen LogP contribution in [0.25, 0.3) is 0 Å². The van der Waals surface area contributed by atoms with Crippen molar-refractivity contribution in [3.63, 3.8) is 0 Å². The molecule has 0 unspecified atom stereocenters. The molecular weight excluding hydrogens is 432 g/mol. The Morgan fingerprint density at radius 1 is 0.743 bits per heavy atom. The number of rotatable bonds is 8. The number of hydrogen-bond acceptors (Lipinski definition) is 2. The van der Waals surface area contributed by atoms with E-state index in [4.69, 9.17) is 0 Å². The summed E-state index contributed by atoms with van der Waals surface area (Å²) in [5.74, 6) is -0.0830. The quantitative estimate of drug-likeness (QED) is 0.336. The molecule has 4 heteroatoms. The van der Waals surface area contributed by atoms with E-state index in [0.717, 1.165) is 27.9 Å². The maximum absolute atomic E-state index is 13.6. The molecule has 4 nitrogen and oxygen atoms in total. The average Bonchev–Trinajstić information content (AvgIpc) is 2.89. The minimum Gasteiger partial charge on any atom is -0.349 e. The van der Waals surface area contributed by atoms with Gasteiger partial charge in [-0.25, -0.2) is 0 Å². The second-order valence-corrected chi connectivity index (χ2v) is 8.73. The van der Waals surface area contributed by atoms with Crippen molar-refractivity contribution in [1.29, 1.82) is 0 Å². The van der Waals surface area contributed by atoms with Crippen molar-refractivity contribution in [3.05, 3.63) is 137 Å². The van der Waals surface area contributed by atoms with E-state index in [1.54, 1.807) is 4.90 Å². The first-order chi connectivity index (χ1) is 17.0. The van der Waals surface area contributed by atoms with Gasteiger partial charge < -0.3 is 10.2 Å². The highest BCUT2D eigenvalue weighted by atomic mass is 16.2. The maximum atomic E-state index is 13.6. The Labute approximate surface area is 207 Å². The lowest BCUT2D eigenvalue weighted by Gasteiger charge is -2.24. The van der Waals surface area contributed by atoms with Crippen molar-refractivity contribution in [2.24, 2.45) is 0 Å². The molecule has 4 rings (SSSR count). The molecule has 0 bridgehead atoms. The summed E-state index contributed by atoms with van der Waals surface area (Å²) in [5, 5.41) is 3.06. The topological polar surface area (TPSA) is 49.4 Å². The second kappa shape index (κ2) is 11.3. The Morgan fingerprint density at radius 3 is 2.00 bits per heavy atom. The molecule has 1 N–H and O–H groups in total. The summed E-state index contributed by atoms with van der Waals surface area (Å²) < 4.78 is 0. The summed E-state index contributed by atoms with van der Waals surface area (Å²) >= 11 is 0. The van der Waals surface area contributed by atoms with Crippen LogP contribution in [0.4, 0.5) is 5.69 Å². The van der Waals surface area contributed by atoms with E-state index in [9.17, 15) is 9.59 Å². The van der Waals surface area contributed by atoms with Crippen LogP contribution in [0.1, 0.15) is 45.6 Å². The largest absolute Gasteiger partial charge is 0.349 e. The van der Waals surface area contributed by atoms with Crippen LogP contribution in [0.15, 0.2) is 109 Å². The van der Waals surface area contributed by atoms with E-state index in [2.05, 4.69) is 5.32 Å². The zero-order valence-electron chi connectivity index (χ0n) is 20.1. The van der Waals surface area contributed by atoms with Gasteiger partial charge in [0.1, 0.15) is 0 Å². The van der Waals surface area contributed by atoms with E-state index in [0.29, 0.717) is 12.1 Å². The lowest BCUT2D eigenvalue weighted by atomic mass is 10.1. The number of nitrogens with zero attached hydrogens (tertiary/aromatic N) is 1. The Hall–Kier alpha value is -4.18. The predicted molar refractivity (Wildman–Crippen MR) is 141 cm³/mol. The number of anilines is 1. The zero-order valence-corrected chi connectivity index (χ0v) is 20.1. The molecule has 0 radical (unpaired) electrons. The molecule has 0 spiro atoms. The molecule has 0 aliphatic rings. The van der Waals surface area contributed by atoms with Gasteiger partial charge in [-0.1, -0.05) is 91.0 Å². The van der Waals surface area contributed by atoms with Crippen LogP contribution in [-0.2, 0) is 17.8 Å². The minimum atomic E-state index is -0.0592. The first kappa shape index (κ1) is 24.0. The minimum absolute atomic E-state index is 0.0359. The van der Waals surface area contributed by atoms with Crippen molar-refractivity contribution in [3.8, 4) is 0 Å². The molecule has 4 aromatic rings. The number of carbonyl (C=O) groups is 2. The molecule has 0 fully saturated rings. The first-order valence-corrected chi connectivity index (χ1v) is 11.9. The van der Waals surface area contributed by atoms with Gasteiger partial charge >= 0.3 is 0 Å². The van der Waals surface area contributed by atoms with E-state index in [1.165, 1.54) is 0 Å². The summed E-state index contributed by atoms with van der Waals surface area (Å²) in [6, 6.07) is 35.1. The van der Waals surface area contributed by atoms with Gasteiger partial charge in [0, 0.05) is 11.3 Å². The molecule has 0 aliphatic carbocycles. The maximum Gasteiger partial charge on any atom is 0.258 e. The smallest absolute Gasteiger partial charge is 0.258 e. The van der Waals surface area contributed by atoms with Crippen molar-refractivity contribution in [2.45, 2.75) is 32.9 Å². The molecule has 1 atom stereocenters. The highest BCUT2D eigenvalue weighted by Gasteiger charge is 2.20. The van der Waals surface area contributed by atoms with Gasteiger partial charge in [-0.2, -0.15) is 0 Å². The lowest BCUT2D eigenvalue weighted by Crippen LogP contribution is -2.31. The van der Waals surface area contributed by atoms with Crippen molar-refractivity contribution >= 4 is 17.5 Å². The molecule has 2 amide bonds. The summed E-state index contributed by atoms with van der Waals surface area (Å²) in [6.45, 7) is 4.39. The van der Waals surface area contributed by atoms with Crippen molar-refractivity contribution in [2.75, 3.05) is 4.90 Å². The molecule has 0 saturated heterocycles. The van der Waals surface area contributed by atoms with E-state index in [1.807, 2.05) is 123 Å². The molecule has 0 aromatic heterocycles. The van der Waals surface area contributed by atoms with Gasteiger partial charge in [-0.3, -0.25) is 9.59 Å². The number of aryl methyl sites for hydroxylation is 1. The standard InChI is InChI=1S/C31H30N2O2/c1-23-11-9-10-16-29(23)31(35)33(22-26-12-5-3-6-13-26)28-19-17-25(18-20-28)21-30(34)32-24(2)27-14-7-4-8-15-27/h3-20,24H,21-22H2,1-2H3,(H,32,34)/t24-/m1/s1. The van der Waals surface area contributed by atoms with E-state index in [-0.39, 0.29) is 24.3 Å². The number of hydrogen-bond donors (Lipinski definition) is 1. The number of nitrogens with one attached hydrogen (secondary N) is 1. The lowest BCUT2D eigenvalue weighted by molar-refractivity contribution is -0.121. The summed E-state index contributed by atoms with van der Waals surface area (Å²) in [7, 11) is 0. The SMILES string of the molecule is Cc1ccccc1C(=O)N(Cc1ccccc1)c1ccc(CC(=O)N[C@H](C)c2ccccc2)cc1. The van der Waals surface area contributed by atoms with Gasteiger partial charge in [0.25, 0.3) is 5.91 Å². The third-order valence-corrected chi connectivity index (χ3v) is 6.09. The Bertz CT molecular complexity index is 1270. The van der Waals surface area contributed by atoms with Crippen LogP contribution in [0.5, 0.6) is 0 Å². The van der Waals surface area contributed by atoms with Crippen LogP contribution in [0.3, 0.4) is 0 Å². The normalized spacial score (nSPS) is 11.5. The number of carbonyl (C=O) groups excluding carboxylic acids is 2. The van der Waals surface area contributed by atoms with E-state index >= 15 is 0 Å². The zero-order chi connectivity index (χ0) is 24.6. The molecule has 0 heterocycles. The summed E-state index contributed by atoms with van der Waals surface area (Å²) in [6.07, 6.45) is 0.280. The second-order valence-electron chi connectivity index (χ2n) is 8.73. The van der Waals surface area contributed by atoms with Crippen LogP contribution in [0.2, 0.25) is 0 Å². The molecule has 4 aromatic carbocycles. The van der Waals surface area contributed by atoms with Gasteiger partial charge in [-0.15, -0.1) is 0 Å². The highest BCUT2D eigenvalue weighted by Crippen LogP contribution is 2.23. The monoisotopic (exact) mass is 462 g/mol. The molecule has 0 saturated carbocycles. The van der Waals surface area contributed by atoms with Gasteiger partial charge in [0.05, 0.1) is 19.0 Å². The third-order valence-electron chi connectivity index (χ3n) is 6.09. The molecule has 35 heavy (non-hydrogen) atoms. The average molecular weight is 463 g/mol. The van der Waals surface area contributed by atoms with Crippen LogP contribution in [0, 0.1) is 6.92 Å². The molecular formula is C31H30N2O2. The Balaban J connectivity index is 1.50.